The summed E-state index contributed by atoms with van der Waals surface area (Å²) in [4.78, 5) is 0. The van der Waals surface area contributed by atoms with Crippen LogP contribution >= 0.6 is 0 Å². The Bertz CT molecular complexity index is 221. The van der Waals surface area contributed by atoms with E-state index < -0.39 is 14.6 Å². The lowest BCUT2D eigenvalue weighted by atomic mass is 10.2. The fraction of sp³-hybridized carbons (Fsp3) is 1.00. The SMILES string of the molecule is CC(C)(CNCCO)S(C)(=O)=O. The Morgan fingerprint density at radius 2 is 1.92 bits per heavy atom. The normalized spacial score (nSPS) is 13.3. The molecule has 0 saturated heterocycles. The maximum atomic E-state index is 11.1. The first-order valence-electron chi connectivity index (χ1n) is 3.82. The van der Waals surface area contributed by atoms with E-state index >= 15 is 0 Å². The number of nitrogens with one attached hydrogen (secondary N) is 1. The molecule has 0 aliphatic carbocycles. The largest absolute Gasteiger partial charge is 0.395 e. The number of rotatable bonds is 5. The molecule has 0 aromatic carbocycles. The quantitative estimate of drug-likeness (QED) is 0.574. The van der Waals surface area contributed by atoms with Crippen molar-refractivity contribution in [3.63, 3.8) is 0 Å². The number of sulfone groups is 1. The Hall–Kier alpha value is -0.130. The van der Waals surface area contributed by atoms with Crippen molar-refractivity contribution < 1.29 is 13.5 Å². The monoisotopic (exact) mass is 195 g/mol. The van der Waals surface area contributed by atoms with Crippen LogP contribution in [0.1, 0.15) is 13.8 Å². The molecule has 0 radical (unpaired) electrons. The van der Waals surface area contributed by atoms with Crippen molar-refractivity contribution >= 4 is 9.84 Å². The van der Waals surface area contributed by atoms with Crippen molar-refractivity contribution in [3.05, 3.63) is 0 Å². The Morgan fingerprint density at radius 3 is 2.25 bits per heavy atom. The van der Waals surface area contributed by atoms with Gasteiger partial charge in [-0.1, -0.05) is 0 Å². The van der Waals surface area contributed by atoms with Gasteiger partial charge >= 0.3 is 0 Å². The highest BCUT2D eigenvalue weighted by Gasteiger charge is 2.29. The summed E-state index contributed by atoms with van der Waals surface area (Å²) in [5, 5.41) is 11.3. The molecule has 74 valence electrons. The van der Waals surface area contributed by atoms with Gasteiger partial charge in [0.1, 0.15) is 0 Å². The second kappa shape index (κ2) is 4.20. The van der Waals surface area contributed by atoms with Crippen molar-refractivity contribution in [2.75, 3.05) is 26.0 Å². The van der Waals surface area contributed by atoms with E-state index in [0.717, 1.165) is 0 Å². The second-order valence-electron chi connectivity index (χ2n) is 3.43. The molecular formula is C7H17NO3S. The number of hydrogen-bond acceptors (Lipinski definition) is 4. The molecule has 0 atom stereocenters. The zero-order chi connectivity index (χ0) is 9.83. The molecule has 0 bridgehead atoms. The lowest BCUT2D eigenvalue weighted by Crippen LogP contribution is -2.42. The molecule has 2 N–H and O–H groups in total. The fourth-order valence-corrected chi connectivity index (χ4v) is 0.964. The topological polar surface area (TPSA) is 66.4 Å². The van der Waals surface area contributed by atoms with Crippen LogP contribution in [-0.4, -0.2) is 44.2 Å². The summed E-state index contributed by atoms with van der Waals surface area (Å²) >= 11 is 0. The van der Waals surface area contributed by atoms with Crippen LogP contribution < -0.4 is 5.32 Å². The van der Waals surface area contributed by atoms with Gasteiger partial charge in [-0.2, -0.15) is 0 Å². The predicted octanol–water partition coefficient (Wildman–Crippen LogP) is -0.608. The first kappa shape index (κ1) is 11.9. The van der Waals surface area contributed by atoms with E-state index in [1.807, 2.05) is 0 Å². The van der Waals surface area contributed by atoms with Crippen molar-refractivity contribution in [1.29, 1.82) is 0 Å². The first-order valence-corrected chi connectivity index (χ1v) is 5.71. The Morgan fingerprint density at radius 1 is 1.42 bits per heavy atom. The van der Waals surface area contributed by atoms with Crippen molar-refractivity contribution in [2.45, 2.75) is 18.6 Å². The smallest absolute Gasteiger partial charge is 0.153 e. The summed E-state index contributed by atoms with van der Waals surface area (Å²) < 4.78 is 21.5. The Kier molecular flexibility index (Phi) is 4.16. The number of aliphatic hydroxyl groups is 1. The third-order valence-corrected chi connectivity index (χ3v) is 3.99. The maximum absolute atomic E-state index is 11.1. The molecule has 12 heavy (non-hydrogen) atoms. The molecule has 4 nitrogen and oxygen atoms in total. The van der Waals surface area contributed by atoms with Crippen LogP contribution in [-0.2, 0) is 9.84 Å². The molecule has 0 aromatic rings. The summed E-state index contributed by atoms with van der Waals surface area (Å²) in [5.41, 5.74) is 0. The zero-order valence-electron chi connectivity index (χ0n) is 7.79. The van der Waals surface area contributed by atoms with Gasteiger partial charge in [0.15, 0.2) is 9.84 Å². The number of hydrogen-bond donors (Lipinski definition) is 2. The van der Waals surface area contributed by atoms with Crippen LogP contribution in [0.15, 0.2) is 0 Å². The molecule has 0 fully saturated rings. The zero-order valence-corrected chi connectivity index (χ0v) is 8.61. The highest BCUT2D eigenvalue weighted by Crippen LogP contribution is 2.12. The van der Waals surface area contributed by atoms with Gasteiger partial charge in [0.2, 0.25) is 0 Å². The van der Waals surface area contributed by atoms with Crippen molar-refractivity contribution in [1.82, 2.24) is 5.32 Å². The van der Waals surface area contributed by atoms with Gasteiger partial charge in [0.05, 0.1) is 11.4 Å². The van der Waals surface area contributed by atoms with E-state index in [0.29, 0.717) is 13.1 Å². The van der Waals surface area contributed by atoms with E-state index in [-0.39, 0.29) is 6.61 Å². The van der Waals surface area contributed by atoms with Gasteiger partial charge in [-0.25, -0.2) is 8.42 Å². The molecule has 0 unspecified atom stereocenters. The molecule has 5 heteroatoms. The lowest BCUT2D eigenvalue weighted by molar-refractivity contribution is 0.290. The first-order chi connectivity index (χ1) is 5.31. The molecule has 0 aromatic heterocycles. The van der Waals surface area contributed by atoms with E-state index in [4.69, 9.17) is 5.11 Å². The molecule has 0 aliphatic heterocycles. The molecule has 0 saturated carbocycles. The minimum atomic E-state index is -3.03. The summed E-state index contributed by atoms with van der Waals surface area (Å²) in [6.07, 6.45) is 1.22. The predicted molar refractivity (Wildman–Crippen MR) is 48.9 cm³/mol. The fourth-order valence-electron chi connectivity index (χ4n) is 0.600. The van der Waals surface area contributed by atoms with Crippen LogP contribution in [0.4, 0.5) is 0 Å². The van der Waals surface area contributed by atoms with E-state index in [2.05, 4.69) is 5.32 Å². The standard InChI is InChI=1S/C7H17NO3S/c1-7(2,12(3,10)11)6-8-4-5-9/h8-9H,4-6H2,1-3H3. The average molecular weight is 195 g/mol. The minimum Gasteiger partial charge on any atom is -0.395 e. The van der Waals surface area contributed by atoms with Gasteiger partial charge in [0.25, 0.3) is 0 Å². The highest BCUT2D eigenvalue weighted by molar-refractivity contribution is 7.92. The van der Waals surface area contributed by atoms with Crippen LogP contribution in [0.3, 0.4) is 0 Å². The lowest BCUT2D eigenvalue weighted by Gasteiger charge is -2.22. The summed E-state index contributed by atoms with van der Waals surface area (Å²) in [7, 11) is -3.03. The van der Waals surface area contributed by atoms with Gasteiger partial charge in [0, 0.05) is 19.3 Å². The Labute approximate surface area is 73.9 Å². The van der Waals surface area contributed by atoms with Gasteiger partial charge in [-0.3, -0.25) is 0 Å². The second-order valence-corrected chi connectivity index (χ2v) is 6.08. The minimum absolute atomic E-state index is 0.0276. The molecule has 0 heterocycles. The summed E-state index contributed by atoms with van der Waals surface area (Å²) in [6.45, 7) is 4.14. The Balaban J connectivity index is 4.06. The molecular weight excluding hydrogens is 178 g/mol. The highest BCUT2D eigenvalue weighted by atomic mass is 32.2. The van der Waals surface area contributed by atoms with Gasteiger partial charge < -0.3 is 10.4 Å². The molecule has 0 rings (SSSR count). The molecule has 0 spiro atoms. The molecule has 0 amide bonds. The van der Waals surface area contributed by atoms with E-state index in [1.165, 1.54) is 6.26 Å². The number of aliphatic hydroxyl groups excluding tert-OH is 1. The van der Waals surface area contributed by atoms with Crippen molar-refractivity contribution in [2.24, 2.45) is 0 Å². The van der Waals surface area contributed by atoms with E-state index in [1.54, 1.807) is 13.8 Å². The van der Waals surface area contributed by atoms with Gasteiger partial charge in [-0.15, -0.1) is 0 Å². The van der Waals surface area contributed by atoms with Crippen molar-refractivity contribution in [3.8, 4) is 0 Å². The third-order valence-electron chi connectivity index (χ3n) is 1.84. The summed E-state index contributed by atoms with van der Waals surface area (Å²) in [5.74, 6) is 0. The van der Waals surface area contributed by atoms with Crippen LogP contribution in [0.2, 0.25) is 0 Å². The van der Waals surface area contributed by atoms with Crippen LogP contribution in [0, 0.1) is 0 Å². The maximum Gasteiger partial charge on any atom is 0.153 e. The van der Waals surface area contributed by atoms with E-state index in [9.17, 15) is 8.42 Å². The third kappa shape index (κ3) is 3.51. The van der Waals surface area contributed by atoms with Gasteiger partial charge in [-0.05, 0) is 13.8 Å². The summed E-state index contributed by atoms with van der Waals surface area (Å²) in [6, 6.07) is 0. The molecule has 0 aliphatic rings. The van der Waals surface area contributed by atoms with Crippen LogP contribution in [0.5, 0.6) is 0 Å². The van der Waals surface area contributed by atoms with Crippen LogP contribution in [0.25, 0.3) is 0 Å². The average Bonchev–Trinajstić information content (AvgIpc) is 1.85.